The van der Waals surface area contributed by atoms with Crippen molar-refractivity contribution in [2.75, 3.05) is 42.9 Å². The molecular weight excluding hydrogens is 450 g/mol. The molecule has 0 saturated carbocycles. The fourth-order valence-corrected chi connectivity index (χ4v) is 4.71. The number of benzene rings is 1. The molecule has 1 atom stereocenters. The molecule has 4 heterocycles. The minimum Gasteiger partial charge on any atom is -0.508 e. The van der Waals surface area contributed by atoms with E-state index in [-0.39, 0.29) is 5.75 Å². The first-order valence-electron chi connectivity index (χ1n) is 10.2. The Kier molecular flexibility index (Phi) is 5.83. The summed E-state index contributed by atoms with van der Waals surface area (Å²) in [5.74, 6) is 0.877. The van der Waals surface area contributed by atoms with Crippen LogP contribution in [0.2, 0.25) is 5.02 Å². The van der Waals surface area contributed by atoms with Crippen molar-refractivity contribution in [1.82, 2.24) is 24.8 Å². The largest absolute Gasteiger partial charge is 0.508 e. The lowest BCUT2D eigenvalue weighted by molar-refractivity contribution is 0.129. The van der Waals surface area contributed by atoms with Crippen molar-refractivity contribution in [3.05, 3.63) is 47.1 Å². The van der Waals surface area contributed by atoms with Gasteiger partial charge in [-0.15, -0.1) is 11.3 Å². The Morgan fingerprint density at radius 3 is 2.66 bits per heavy atom. The van der Waals surface area contributed by atoms with E-state index in [4.69, 9.17) is 11.6 Å². The van der Waals surface area contributed by atoms with Crippen LogP contribution in [-0.4, -0.2) is 74.0 Å². The van der Waals surface area contributed by atoms with Crippen molar-refractivity contribution in [3.8, 4) is 17.1 Å². The standard InChI is InChI=1S/C21H22ClN7O2S/c22-15-11-24-20-17(26-19(27-20)13-1-3-14(30)4-2-13)18(15)29-8-6-28(7-9-29)12-16(31)25-21-23-5-10-32-21/h1-5,10-11,16,30-31H,6-9,12H2,(H,23,25)(H,24,26,27). The van der Waals surface area contributed by atoms with Gasteiger partial charge in [0.15, 0.2) is 10.8 Å². The number of piperazine rings is 1. The monoisotopic (exact) mass is 471 g/mol. The maximum Gasteiger partial charge on any atom is 0.184 e. The van der Waals surface area contributed by atoms with Gasteiger partial charge in [0.05, 0.1) is 16.9 Å². The lowest BCUT2D eigenvalue weighted by atomic mass is 10.2. The molecule has 3 aromatic heterocycles. The average molecular weight is 472 g/mol. The van der Waals surface area contributed by atoms with Crippen molar-refractivity contribution in [1.29, 1.82) is 0 Å². The Morgan fingerprint density at radius 1 is 1.16 bits per heavy atom. The van der Waals surface area contributed by atoms with Gasteiger partial charge < -0.3 is 25.4 Å². The Bertz CT molecular complexity index is 1190. The van der Waals surface area contributed by atoms with Crippen LogP contribution < -0.4 is 10.2 Å². The van der Waals surface area contributed by atoms with E-state index in [2.05, 4.69) is 35.1 Å². The summed E-state index contributed by atoms with van der Waals surface area (Å²) in [5.41, 5.74) is 3.13. The Labute approximate surface area is 193 Å². The molecule has 1 saturated heterocycles. The first-order chi connectivity index (χ1) is 15.6. The number of imidazole rings is 1. The molecule has 1 aromatic carbocycles. The minimum atomic E-state index is -0.676. The highest BCUT2D eigenvalue weighted by Crippen LogP contribution is 2.34. The number of aromatic nitrogens is 4. The fraction of sp³-hybridized carbons (Fsp3) is 0.286. The molecule has 0 aliphatic carbocycles. The number of thiazole rings is 1. The number of phenols is 1. The number of H-pyrrole nitrogens is 1. The van der Waals surface area contributed by atoms with Gasteiger partial charge in [0, 0.05) is 49.9 Å². The molecule has 9 nitrogen and oxygen atoms in total. The fourth-order valence-electron chi connectivity index (χ4n) is 3.87. The van der Waals surface area contributed by atoms with Crippen LogP contribution in [0.4, 0.5) is 10.8 Å². The smallest absolute Gasteiger partial charge is 0.184 e. The molecule has 1 aliphatic rings. The SMILES string of the molecule is Oc1ccc(-c2nc3ncc(Cl)c(N4CCN(CC(O)Nc5nccs5)CC4)c3[nH]2)cc1. The van der Waals surface area contributed by atoms with Gasteiger partial charge in [0.1, 0.15) is 23.3 Å². The zero-order chi connectivity index (χ0) is 22.1. The summed E-state index contributed by atoms with van der Waals surface area (Å²) >= 11 is 8.02. The van der Waals surface area contributed by atoms with Gasteiger partial charge in [0.25, 0.3) is 0 Å². The molecule has 1 fully saturated rings. The lowest BCUT2D eigenvalue weighted by Crippen LogP contribution is -2.49. The number of aliphatic hydroxyl groups is 1. The molecule has 0 radical (unpaired) electrons. The Morgan fingerprint density at radius 2 is 1.94 bits per heavy atom. The molecule has 11 heteroatoms. The number of fused-ring (bicyclic) bond motifs is 1. The zero-order valence-corrected chi connectivity index (χ0v) is 18.6. The van der Waals surface area contributed by atoms with Gasteiger partial charge in [-0.1, -0.05) is 11.6 Å². The molecule has 5 rings (SSSR count). The number of aromatic amines is 1. The van der Waals surface area contributed by atoms with Gasteiger partial charge >= 0.3 is 0 Å². The van der Waals surface area contributed by atoms with Gasteiger partial charge in [-0.3, -0.25) is 4.90 Å². The van der Waals surface area contributed by atoms with Gasteiger partial charge in [-0.25, -0.2) is 15.0 Å². The average Bonchev–Trinajstić information content (AvgIpc) is 3.45. The second kappa shape index (κ2) is 8.91. The number of rotatable bonds is 6. The highest BCUT2D eigenvalue weighted by Gasteiger charge is 2.24. The van der Waals surface area contributed by atoms with E-state index in [1.165, 1.54) is 11.3 Å². The summed E-state index contributed by atoms with van der Waals surface area (Å²) < 4.78 is 0. The number of nitrogens with zero attached hydrogens (tertiary/aromatic N) is 5. The van der Waals surface area contributed by atoms with Crippen molar-refractivity contribution in [2.24, 2.45) is 0 Å². The number of anilines is 2. The van der Waals surface area contributed by atoms with E-state index >= 15 is 0 Å². The number of pyridine rings is 1. The third-order valence-electron chi connectivity index (χ3n) is 5.43. The van der Waals surface area contributed by atoms with Crippen LogP contribution in [0.25, 0.3) is 22.6 Å². The molecule has 1 unspecified atom stereocenters. The van der Waals surface area contributed by atoms with Crippen LogP contribution in [0.3, 0.4) is 0 Å². The van der Waals surface area contributed by atoms with Crippen molar-refractivity contribution >= 4 is 44.9 Å². The third-order valence-corrected chi connectivity index (χ3v) is 6.41. The maximum absolute atomic E-state index is 10.3. The second-order valence-corrected chi connectivity index (χ2v) is 8.87. The number of aliphatic hydroxyl groups excluding tert-OH is 1. The molecule has 0 bridgehead atoms. The van der Waals surface area contributed by atoms with Crippen molar-refractivity contribution < 1.29 is 10.2 Å². The summed E-state index contributed by atoms with van der Waals surface area (Å²) in [6.07, 6.45) is 2.67. The second-order valence-electron chi connectivity index (χ2n) is 7.57. The van der Waals surface area contributed by atoms with Crippen LogP contribution in [0.15, 0.2) is 42.0 Å². The molecule has 0 amide bonds. The van der Waals surface area contributed by atoms with E-state index < -0.39 is 6.23 Å². The normalized spacial score (nSPS) is 15.9. The van der Waals surface area contributed by atoms with Crippen LogP contribution in [-0.2, 0) is 0 Å². The van der Waals surface area contributed by atoms with E-state index in [0.29, 0.717) is 28.2 Å². The predicted molar refractivity (Wildman–Crippen MR) is 126 cm³/mol. The highest BCUT2D eigenvalue weighted by molar-refractivity contribution is 7.13. The maximum atomic E-state index is 10.3. The Hall–Kier alpha value is -2.92. The number of aromatic hydroxyl groups is 1. The number of nitrogens with one attached hydrogen (secondary N) is 2. The van der Waals surface area contributed by atoms with Gasteiger partial charge in [-0.05, 0) is 24.3 Å². The molecule has 4 aromatic rings. The molecule has 0 spiro atoms. The van der Waals surface area contributed by atoms with Crippen LogP contribution in [0, 0.1) is 0 Å². The summed E-state index contributed by atoms with van der Waals surface area (Å²) in [5, 5.41) is 26.0. The van der Waals surface area contributed by atoms with E-state index in [1.54, 1.807) is 36.7 Å². The quantitative estimate of drug-likeness (QED) is 0.317. The predicted octanol–water partition coefficient (Wildman–Crippen LogP) is 2.99. The Balaban J connectivity index is 1.30. The lowest BCUT2D eigenvalue weighted by Gasteiger charge is -2.37. The minimum absolute atomic E-state index is 0.205. The molecule has 4 N–H and O–H groups in total. The zero-order valence-electron chi connectivity index (χ0n) is 17.1. The molecule has 166 valence electrons. The van der Waals surface area contributed by atoms with Gasteiger partial charge in [-0.2, -0.15) is 0 Å². The first-order valence-corrected chi connectivity index (χ1v) is 11.5. The van der Waals surface area contributed by atoms with Crippen molar-refractivity contribution in [2.45, 2.75) is 6.23 Å². The molecule has 1 aliphatic heterocycles. The van der Waals surface area contributed by atoms with Crippen LogP contribution in [0.1, 0.15) is 0 Å². The van der Waals surface area contributed by atoms with Crippen LogP contribution >= 0.6 is 22.9 Å². The number of hydrogen-bond donors (Lipinski definition) is 4. The summed E-state index contributed by atoms with van der Waals surface area (Å²) in [4.78, 5) is 20.9. The van der Waals surface area contributed by atoms with Gasteiger partial charge in [0.2, 0.25) is 0 Å². The summed E-state index contributed by atoms with van der Waals surface area (Å²) in [6.45, 7) is 3.61. The summed E-state index contributed by atoms with van der Waals surface area (Å²) in [7, 11) is 0. The number of halogens is 1. The number of phenolic OH excluding ortho intramolecular Hbond substituents is 1. The third kappa shape index (κ3) is 4.35. The highest BCUT2D eigenvalue weighted by atomic mass is 35.5. The number of hydrogen-bond acceptors (Lipinski definition) is 9. The molecular formula is C21H22ClN7O2S. The van der Waals surface area contributed by atoms with Crippen molar-refractivity contribution in [3.63, 3.8) is 0 Å². The number of β-amino-alcohol motifs (C(OH)–C–C–N with tert-alkyl or cyclic N) is 1. The first kappa shape index (κ1) is 21.0. The summed E-state index contributed by atoms with van der Waals surface area (Å²) in [6, 6.07) is 6.86. The molecule has 32 heavy (non-hydrogen) atoms. The van der Waals surface area contributed by atoms with E-state index in [0.717, 1.165) is 42.9 Å². The van der Waals surface area contributed by atoms with Crippen LogP contribution in [0.5, 0.6) is 5.75 Å². The van der Waals surface area contributed by atoms with E-state index in [9.17, 15) is 10.2 Å². The topological polar surface area (TPSA) is 113 Å². The van der Waals surface area contributed by atoms with E-state index in [1.807, 2.05) is 5.38 Å².